The molecule has 2 aliphatic rings. The van der Waals surface area contributed by atoms with Gasteiger partial charge in [0.2, 0.25) is 5.91 Å². The van der Waals surface area contributed by atoms with E-state index in [2.05, 4.69) is 15.3 Å². The van der Waals surface area contributed by atoms with E-state index in [9.17, 15) is 35.1 Å². The number of imidazole rings is 1. The van der Waals surface area contributed by atoms with Gasteiger partial charge in [0, 0.05) is 37.6 Å². The fourth-order valence-electron chi connectivity index (χ4n) is 5.67. The number of carbonyl (C=O) groups excluding carboxylic acids is 2. The Kier molecular flexibility index (Phi) is 13.7. The van der Waals surface area contributed by atoms with Crippen LogP contribution in [0.5, 0.6) is 0 Å². The Morgan fingerprint density at radius 2 is 1.91 bits per heavy atom. The topological polar surface area (TPSA) is 239 Å². The Morgan fingerprint density at radius 3 is 2.50 bits per heavy atom. The van der Waals surface area contributed by atoms with Gasteiger partial charge in [-0.1, -0.05) is 39.8 Å². The number of amides is 1. The van der Waals surface area contributed by atoms with E-state index < -0.39 is 91.1 Å². The minimum absolute atomic E-state index is 0.0291. The highest BCUT2D eigenvalue weighted by atomic mass is 16.7. The Morgan fingerprint density at radius 1 is 1.22 bits per heavy atom. The molecule has 3 rings (SSSR count). The van der Waals surface area contributed by atoms with Gasteiger partial charge in [-0.05, 0) is 18.8 Å². The number of aromatic amines is 1. The second-order valence-electron chi connectivity index (χ2n) is 13.1. The van der Waals surface area contributed by atoms with Gasteiger partial charge in [0.15, 0.2) is 12.1 Å². The molecule has 15 heteroatoms. The first kappa shape index (κ1) is 38.0. The van der Waals surface area contributed by atoms with Gasteiger partial charge >= 0.3 is 5.97 Å². The van der Waals surface area contributed by atoms with Crippen LogP contribution in [-0.4, -0.2) is 121 Å². The summed E-state index contributed by atoms with van der Waals surface area (Å²) in [4.78, 5) is 33.3. The summed E-state index contributed by atoms with van der Waals surface area (Å²) in [5.74, 6) is -4.92. The number of H-pyrrole nitrogens is 1. The zero-order valence-electron chi connectivity index (χ0n) is 27.4. The maximum Gasteiger partial charge on any atom is 0.328 e. The number of hydrogen-bond donors (Lipinski definition) is 8. The summed E-state index contributed by atoms with van der Waals surface area (Å²) in [7, 11) is 1.19. The zero-order valence-corrected chi connectivity index (χ0v) is 27.4. The highest BCUT2D eigenvalue weighted by Crippen LogP contribution is 2.38. The van der Waals surface area contributed by atoms with Gasteiger partial charge in [-0.3, -0.25) is 4.79 Å². The first-order chi connectivity index (χ1) is 21.5. The fourth-order valence-corrected chi connectivity index (χ4v) is 5.67. The van der Waals surface area contributed by atoms with E-state index in [1.807, 2.05) is 19.9 Å². The molecule has 262 valence electrons. The van der Waals surface area contributed by atoms with Crippen molar-refractivity contribution in [3.05, 3.63) is 30.4 Å². The molecule has 2 aliphatic heterocycles. The van der Waals surface area contributed by atoms with Crippen LogP contribution in [0.15, 0.2) is 24.7 Å². The molecule has 3 heterocycles. The highest BCUT2D eigenvalue weighted by molar-refractivity contribution is 5.86. The number of rotatable bonds is 14. The van der Waals surface area contributed by atoms with Crippen molar-refractivity contribution in [3.63, 3.8) is 0 Å². The van der Waals surface area contributed by atoms with Crippen LogP contribution in [0.1, 0.15) is 59.6 Å². The van der Waals surface area contributed by atoms with E-state index in [0.29, 0.717) is 5.69 Å². The molecule has 0 aliphatic carbocycles. The summed E-state index contributed by atoms with van der Waals surface area (Å²) in [6, 6.07) is -2.19. The lowest BCUT2D eigenvalue weighted by Crippen LogP contribution is -2.62. The van der Waals surface area contributed by atoms with E-state index in [1.165, 1.54) is 19.6 Å². The number of nitrogens with two attached hydrogens (primary N) is 1. The van der Waals surface area contributed by atoms with Crippen molar-refractivity contribution in [2.24, 2.45) is 23.5 Å². The molecule has 5 unspecified atom stereocenters. The van der Waals surface area contributed by atoms with E-state index in [0.717, 1.165) is 0 Å². The molecule has 0 spiro atoms. The third kappa shape index (κ3) is 10.0. The van der Waals surface area contributed by atoms with Crippen LogP contribution in [0, 0.1) is 17.8 Å². The van der Waals surface area contributed by atoms with Gasteiger partial charge in [-0.15, -0.1) is 0 Å². The predicted molar refractivity (Wildman–Crippen MR) is 163 cm³/mol. The number of methoxy groups -OCH3 is 1. The first-order valence-electron chi connectivity index (χ1n) is 15.8. The summed E-state index contributed by atoms with van der Waals surface area (Å²) in [5, 5.41) is 57.1. The number of ether oxygens (including phenoxy) is 4. The molecule has 9 N–H and O–H groups in total. The third-order valence-electron chi connectivity index (χ3n) is 8.48. The summed E-state index contributed by atoms with van der Waals surface area (Å²) < 4.78 is 22.9. The third-order valence-corrected chi connectivity index (χ3v) is 8.48. The summed E-state index contributed by atoms with van der Waals surface area (Å²) >= 11 is 0. The van der Waals surface area contributed by atoms with Crippen molar-refractivity contribution < 1.29 is 54.1 Å². The van der Waals surface area contributed by atoms with Crippen molar-refractivity contribution >= 4 is 11.9 Å². The minimum Gasteiger partial charge on any atom is -0.467 e. The highest BCUT2D eigenvalue weighted by Gasteiger charge is 2.51. The lowest BCUT2D eigenvalue weighted by Gasteiger charge is -2.46. The lowest BCUT2D eigenvalue weighted by molar-refractivity contribution is -0.307. The number of esters is 1. The quantitative estimate of drug-likeness (QED) is 0.0910. The number of allylic oxidation sites excluding steroid dienone is 1. The van der Waals surface area contributed by atoms with Crippen LogP contribution in [0.4, 0.5) is 0 Å². The van der Waals surface area contributed by atoms with Crippen LogP contribution in [-0.2, 0) is 35.0 Å². The lowest BCUT2D eigenvalue weighted by atomic mass is 9.81. The molecule has 2 saturated heterocycles. The van der Waals surface area contributed by atoms with E-state index in [1.54, 1.807) is 26.8 Å². The zero-order chi connectivity index (χ0) is 34.3. The number of aromatic nitrogens is 2. The van der Waals surface area contributed by atoms with Crippen LogP contribution >= 0.6 is 0 Å². The monoisotopic (exact) mass is 656 g/mol. The standard InChI is InChI=1S/C31H52N4O11/c1-15(2)7-8-19(45-30-27(39)25(32)26(38)17(5)44-30)10-23-24(22(37)12-31(42,46-23)11-21(36)16(3)4)28(40)35-20(29(41)43-6)9-18-13-33-14-34-18/h7-8,13-17,19-27,30,36-39,42H,9-12,32H2,1-6H3,(H,33,34)(H,35,40)/b8-7+/t17?,19-,20+,21+,22-,23-,24+,25?,26?,27?,30?,31+/m0/s1. The van der Waals surface area contributed by atoms with Crippen molar-refractivity contribution in [2.75, 3.05) is 7.11 Å². The van der Waals surface area contributed by atoms with Gasteiger partial charge in [-0.25, -0.2) is 9.78 Å². The van der Waals surface area contributed by atoms with E-state index in [-0.39, 0.29) is 31.1 Å². The molecule has 0 radical (unpaired) electrons. The fraction of sp³-hybridized carbons (Fsp3) is 0.774. The van der Waals surface area contributed by atoms with Crippen LogP contribution in [0.3, 0.4) is 0 Å². The summed E-state index contributed by atoms with van der Waals surface area (Å²) in [5.41, 5.74) is 6.57. The Bertz CT molecular complexity index is 1140. The first-order valence-corrected chi connectivity index (χ1v) is 15.8. The van der Waals surface area contributed by atoms with Crippen molar-refractivity contribution in [3.8, 4) is 0 Å². The second kappa shape index (κ2) is 16.6. The van der Waals surface area contributed by atoms with Gasteiger partial charge in [-0.2, -0.15) is 0 Å². The van der Waals surface area contributed by atoms with Crippen LogP contribution in [0.2, 0.25) is 0 Å². The van der Waals surface area contributed by atoms with Crippen LogP contribution < -0.4 is 11.1 Å². The molecule has 1 amide bonds. The van der Waals surface area contributed by atoms with Gasteiger partial charge in [0.25, 0.3) is 0 Å². The number of nitrogens with one attached hydrogen (secondary N) is 2. The average Bonchev–Trinajstić information content (AvgIpc) is 3.49. The Labute approximate surface area is 269 Å². The Balaban J connectivity index is 1.94. The molecule has 12 atom stereocenters. The number of aliphatic hydroxyl groups is 5. The molecule has 0 bridgehead atoms. The molecule has 2 fully saturated rings. The number of hydrogen-bond acceptors (Lipinski definition) is 13. The number of nitrogens with zero attached hydrogens (tertiary/aromatic N) is 1. The van der Waals surface area contributed by atoms with Crippen molar-refractivity contribution in [1.82, 2.24) is 15.3 Å². The molecule has 15 nitrogen and oxygen atoms in total. The summed E-state index contributed by atoms with van der Waals surface area (Å²) in [6.07, 6.45) is -3.34. The maximum atomic E-state index is 13.8. The van der Waals surface area contributed by atoms with Gasteiger partial charge < -0.3 is 60.5 Å². The molecule has 1 aromatic rings. The van der Waals surface area contributed by atoms with Gasteiger partial charge in [0.1, 0.15) is 12.1 Å². The summed E-state index contributed by atoms with van der Waals surface area (Å²) in [6.45, 7) is 9.00. The molecule has 0 aromatic carbocycles. The van der Waals surface area contributed by atoms with E-state index >= 15 is 0 Å². The number of aliphatic hydroxyl groups excluding tert-OH is 4. The van der Waals surface area contributed by atoms with Crippen molar-refractivity contribution in [1.29, 1.82) is 0 Å². The normalized spacial score (nSPS) is 34.0. The molecule has 0 saturated carbocycles. The van der Waals surface area contributed by atoms with Crippen molar-refractivity contribution in [2.45, 2.75) is 127 Å². The maximum absolute atomic E-state index is 13.8. The predicted octanol–water partition coefficient (Wildman–Crippen LogP) is -0.747. The average molecular weight is 657 g/mol. The second-order valence-corrected chi connectivity index (χ2v) is 13.1. The van der Waals surface area contributed by atoms with Crippen LogP contribution in [0.25, 0.3) is 0 Å². The molecular formula is C31H52N4O11. The van der Waals surface area contributed by atoms with Gasteiger partial charge in [0.05, 0.1) is 62.0 Å². The minimum atomic E-state index is -2.00. The SMILES string of the molecule is COC(=O)[C@@H](Cc1cnc[nH]1)NC(=O)[C@H]1[C@H](C[C@H](/C=C/C(C)C)OC2OC(C)C(O)C(N)C2O)O[C@](O)(C[C@@H](O)C(C)C)C[C@@H]1O. The number of carbonyl (C=O) groups is 2. The largest absolute Gasteiger partial charge is 0.467 e. The molecule has 1 aromatic heterocycles. The smallest absolute Gasteiger partial charge is 0.328 e. The Hall–Kier alpha value is -2.47. The van der Waals surface area contributed by atoms with E-state index in [4.69, 9.17) is 24.7 Å². The molecular weight excluding hydrogens is 604 g/mol. The molecule has 46 heavy (non-hydrogen) atoms.